The lowest BCUT2D eigenvalue weighted by atomic mass is 9.79. The number of benzene rings is 2. The molecule has 0 unspecified atom stereocenters. The highest BCUT2D eigenvalue weighted by molar-refractivity contribution is 5.83. The number of hydrogen-bond donors (Lipinski definition) is 0. The summed E-state index contributed by atoms with van der Waals surface area (Å²) in [5.41, 5.74) is 1.55. The van der Waals surface area contributed by atoms with Gasteiger partial charge in [0.25, 0.3) is 0 Å². The Labute approximate surface area is 104 Å². The van der Waals surface area contributed by atoms with Crippen LogP contribution in [0, 0.1) is 5.92 Å². The molecule has 1 fully saturated rings. The quantitative estimate of drug-likeness (QED) is 0.629. The van der Waals surface area contributed by atoms with Crippen molar-refractivity contribution >= 4 is 10.8 Å². The lowest BCUT2D eigenvalue weighted by Crippen LogP contribution is -2.10. The average molecular weight is 224 g/mol. The van der Waals surface area contributed by atoms with Crippen LogP contribution in [-0.2, 0) is 0 Å². The number of fused-ring (bicyclic) bond motifs is 1. The van der Waals surface area contributed by atoms with Crippen LogP contribution in [0.5, 0.6) is 0 Å². The van der Waals surface area contributed by atoms with Gasteiger partial charge in [0.05, 0.1) is 0 Å². The molecule has 0 saturated heterocycles. The first-order valence-corrected chi connectivity index (χ1v) is 6.81. The normalized spacial score (nSPS) is 25.0. The first kappa shape index (κ1) is 10.8. The molecule has 0 heteroatoms. The maximum atomic E-state index is 2.40. The van der Waals surface area contributed by atoms with Crippen molar-refractivity contribution in [3.63, 3.8) is 0 Å². The van der Waals surface area contributed by atoms with Gasteiger partial charge in [0.2, 0.25) is 0 Å². The minimum absolute atomic E-state index is 0.802. The zero-order valence-electron chi connectivity index (χ0n) is 10.5. The van der Waals surface area contributed by atoms with Crippen molar-refractivity contribution in [1.29, 1.82) is 0 Å². The molecule has 0 radical (unpaired) electrons. The second kappa shape index (κ2) is 4.52. The molecule has 0 nitrogen and oxygen atoms in total. The van der Waals surface area contributed by atoms with Gasteiger partial charge in [-0.1, -0.05) is 62.2 Å². The Morgan fingerprint density at radius 1 is 0.824 bits per heavy atom. The van der Waals surface area contributed by atoms with E-state index in [0.29, 0.717) is 0 Å². The number of rotatable bonds is 1. The Hall–Kier alpha value is -1.30. The first-order valence-electron chi connectivity index (χ1n) is 6.81. The molecule has 1 aliphatic rings. The average Bonchev–Trinajstić information content (AvgIpc) is 2.39. The second-order valence-corrected chi connectivity index (χ2v) is 5.56. The Kier molecular flexibility index (Phi) is 2.88. The van der Waals surface area contributed by atoms with Crippen molar-refractivity contribution in [3.05, 3.63) is 48.0 Å². The summed E-state index contributed by atoms with van der Waals surface area (Å²) in [6.07, 6.45) is 5.55. The summed E-state index contributed by atoms with van der Waals surface area (Å²) in [5.74, 6) is 1.74. The van der Waals surface area contributed by atoms with Crippen LogP contribution in [-0.4, -0.2) is 0 Å². The number of hydrogen-bond acceptors (Lipinski definition) is 0. The predicted molar refractivity (Wildman–Crippen MR) is 74.3 cm³/mol. The standard InChI is InChI=1S/C17H20/c1-13-6-8-15(9-7-13)17-11-10-14-4-2-3-5-16(14)12-17/h2-5,10-13,15H,6-9H2,1H3. The molecular weight excluding hydrogens is 204 g/mol. The lowest BCUT2D eigenvalue weighted by molar-refractivity contribution is 0.348. The smallest absolute Gasteiger partial charge is 0.0162 e. The largest absolute Gasteiger partial charge is 0.0625 e. The molecular formula is C17H20. The molecule has 0 atom stereocenters. The predicted octanol–water partition coefficient (Wildman–Crippen LogP) is 5.13. The maximum absolute atomic E-state index is 2.40. The van der Waals surface area contributed by atoms with E-state index in [4.69, 9.17) is 0 Å². The van der Waals surface area contributed by atoms with Gasteiger partial charge in [-0.3, -0.25) is 0 Å². The van der Waals surface area contributed by atoms with Gasteiger partial charge in [-0.05, 0) is 41.0 Å². The molecule has 1 saturated carbocycles. The summed E-state index contributed by atoms with van der Waals surface area (Å²) in [5, 5.41) is 2.75. The third-order valence-electron chi connectivity index (χ3n) is 4.26. The molecule has 3 rings (SSSR count). The van der Waals surface area contributed by atoms with Crippen molar-refractivity contribution in [2.75, 3.05) is 0 Å². The summed E-state index contributed by atoms with van der Waals surface area (Å²) in [6.45, 7) is 2.39. The molecule has 0 spiro atoms. The Bertz CT molecular complexity index is 504. The Balaban J connectivity index is 1.90. The summed E-state index contributed by atoms with van der Waals surface area (Å²) in [6, 6.07) is 15.7. The molecule has 2 aromatic carbocycles. The molecule has 88 valence electrons. The van der Waals surface area contributed by atoms with Crippen molar-refractivity contribution in [1.82, 2.24) is 0 Å². The van der Waals surface area contributed by atoms with Crippen LogP contribution in [0.2, 0.25) is 0 Å². The SMILES string of the molecule is CC1CCC(c2ccc3ccccc3c2)CC1. The van der Waals surface area contributed by atoms with Crippen molar-refractivity contribution in [2.45, 2.75) is 38.5 Å². The molecule has 2 aromatic rings. The maximum Gasteiger partial charge on any atom is -0.0162 e. The van der Waals surface area contributed by atoms with Crippen LogP contribution >= 0.6 is 0 Å². The van der Waals surface area contributed by atoms with Crippen LogP contribution in [0.1, 0.15) is 44.1 Å². The van der Waals surface area contributed by atoms with Gasteiger partial charge in [0, 0.05) is 0 Å². The van der Waals surface area contributed by atoms with Crippen LogP contribution in [0.15, 0.2) is 42.5 Å². The Morgan fingerprint density at radius 2 is 1.53 bits per heavy atom. The fourth-order valence-electron chi connectivity index (χ4n) is 3.06. The fraction of sp³-hybridized carbons (Fsp3) is 0.412. The van der Waals surface area contributed by atoms with E-state index in [2.05, 4.69) is 49.4 Å². The van der Waals surface area contributed by atoms with Gasteiger partial charge >= 0.3 is 0 Å². The third kappa shape index (κ3) is 2.22. The van der Waals surface area contributed by atoms with Crippen LogP contribution < -0.4 is 0 Å². The van der Waals surface area contributed by atoms with Crippen LogP contribution in [0.4, 0.5) is 0 Å². The van der Waals surface area contributed by atoms with Gasteiger partial charge < -0.3 is 0 Å². The highest BCUT2D eigenvalue weighted by Crippen LogP contribution is 2.36. The molecule has 17 heavy (non-hydrogen) atoms. The minimum Gasteiger partial charge on any atom is -0.0625 e. The van der Waals surface area contributed by atoms with E-state index in [0.717, 1.165) is 11.8 Å². The summed E-state index contributed by atoms with van der Waals surface area (Å²) >= 11 is 0. The van der Waals surface area contributed by atoms with Crippen molar-refractivity contribution in [3.8, 4) is 0 Å². The summed E-state index contributed by atoms with van der Waals surface area (Å²) in [4.78, 5) is 0. The summed E-state index contributed by atoms with van der Waals surface area (Å²) < 4.78 is 0. The summed E-state index contributed by atoms with van der Waals surface area (Å²) in [7, 11) is 0. The highest BCUT2D eigenvalue weighted by atomic mass is 14.2. The third-order valence-corrected chi connectivity index (χ3v) is 4.26. The van der Waals surface area contributed by atoms with Crippen LogP contribution in [0.3, 0.4) is 0 Å². The zero-order chi connectivity index (χ0) is 11.7. The molecule has 0 amide bonds. The zero-order valence-corrected chi connectivity index (χ0v) is 10.5. The molecule has 1 aliphatic carbocycles. The van der Waals surface area contributed by atoms with Gasteiger partial charge in [-0.25, -0.2) is 0 Å². The van der Waals surface area contributed by atoms with E-state index in [1.54, 1.807) is 5.56 Å². The topological polar surface area (TPSA) is 0 Å². The van der Waals surface area contributed by atoms with E-state index >= 15 is 0 Å². The van der Waals surface area contributed by atoms with Crippen molar-refractivity contribution < 1.29 is 0 Å². The molecule has 0 heterocycles. The lowest BCUT2D eigenvalue weighted by Gasteiger charge is -2.26. The molecule has 0 aromatic heterocycles. The second-order valence-electron chi connectivity index (χ2n) is 5.56. The first-order chi connectivity index (χ1) is 8.33. The van der Waals surface area contributed by atoms with Crippen LogP contribution in [0.25, 0.3) is 10.8 Å². The molecule has 0 aliphatic heterocycles. The van der Waals surface area contributed by atoms with Crippen molar-refractivity contribution in [2.24, 2.45) is 5.92 Å². The van der Waals surface area contributed by atoms with E-state index < -0.39 is 0 Å². The fourth-order valence-corrected chi connectivity index (χ4v) is 3.06. The van der Waals surface area contributed by atoms with E-state index in [1.807, 2.05) is 0 Å². The highest BCUT2D eigenvalue weighted by Gasteiger charge is 2.19. The Morgan fingerprint density at radius 3 is 2.29 bits per heavy atom. The van der Waals surface area contributed by atoms with Gasteiger partial charge in [0.15, 0.2) is 0 Å². The molecule has 0 N–H and O–H groups in total. The van der Waals surface area contributed by atoms with Gasteiger partial charge in [0.1, 0.15) is 0 Å². The van der Waals surface area contributed by atoms with E-state index in [-0.39, 0.29) is 0 Å². The monoisotopic (exact) mass is 224 g/mol. The van der Waals surface area contributed by atoms with Gasteiger partial charge in [-0.2, -0.15) is 0 Å². The van der Waals surface area contributed by atoms with E-state index in [9.17, 15) is 0 Å². The van der Waals surface area contributed by atoms with E-state index in [1.165, 1.54) is 36.5 Å². The molecule has 0 bridgehead atoms. The van der Waals surface area contributed by atoms with Gasteiger partial charge in [-0.15, -0.1) is 0 Å². The minimum atomic E-state index is 0.802.